The lowest BCUT2D eigenvalue weighted by atomic mass is 9.64. The minimum atomic E-state index is -1.14. The van der Waals surface area contributed by atoms with E-state index < -0.39 is 12.1 Å². The maximum Gasteiger partial charge on any atom is 0.405 e. The highest BCUT2D eigenvalue weighted by Gasteiger charge is 2.42. The summed E-state index contributed by atoms with van der Waals surface area (Å²) < 4.78 is 0. The Bertz CT molecular complexity index is 368. The molecule has 5 heteroatoms. The van der Waals surface area contributed by atoms with E-state index >= 15 is 0 Å². The predicted molar refractivity (Wildman–Crippen MR) is 83.1 cm³/mol. The van der Waals surface area contributed by atoms with Crippen molar-refractivity contribution in [1.29, 1.82) is 0 Å². The first-order valence-corrected chi connectivity index (χ1v) is 7.87. The molecule has 0 saturated heterocycles. The van der Waals surface area contributed by atoms with Crippen molar-refractivity contribution in [1.82, 2.24) is 10.6 Å². The topological polar surface area (TPSA) is 78.4 Å². The summed E-state index contributed by atoms with van der Waals surface area (Å²) in [5.74, 6) is 0.875. The quantitative estimate of drug-likeness (QED) is 0.746. The lowest BCUT2D eigenvalue weighted by Crippen LogP contribution is -2.55. The summed E-state index contributed by atoms with van der Waals surface area (Å²) >= 11 is 0. The molecule has 0 radical (unpaired) electrons. The van der Waals surface area contributed by atoms with Crippen molar-refractivity contribution < 1.29 is 14.7 Å². The molecule has 1 aliphatic rings. The summed E-state index contributed by atoms with van der Waals surface area (Å²) in [5, 5.41) is 14.1. The van der Waals surface area contributed by atoms with Crippen molar-refractivity contribution in [3.05, 3.63) is 0 Å². The number of carboxylic acid groups (broad SMARTS) is 1. The summed E-state index contributed by atoms with van der Waals surface area (Å²) in [6, 6.07) is -0.689. The van der Waals surface area contributed by atoms with Crippen LogP contribution in [0.1, 0.15) is 53.4 Å². The third-order valence-electron chi connectivity index (χ3n) is 4.74. The summed E-state index contributed by atoms with van der Waals surface area (Å²) in [5.41, 5.74) is -0.134. The fraction of sp³-hybridized carbons (Fsp3) is 0.875. The molecule has 2 atom stereocenters. The van der Waals surface area contributed by atoms with Crippen LogP contribution in [0.4, 0.5) is 4.79 Å². The number of nitrogens with one attached hydrogen (secondary N) is 2. The molecule has 1 fully saturated rings. The van der Waals surface area contributed by atoms with Crippen molar-refractivity contribution in [3.8, 4) is 0 Å². The summed E-state index contributed by atoms with van der Waals surface area (Å²) in [6.07, 6.45) is 3.31. The van der Waals surface area contributed by atoms with Crippen LogP contribution < -0.4 is 10.6 Å². The fourth-order valence-corrected chi connectivity index (χ4v) is 3.73. The molecule has 21 heavy (non-hydrogen) atoms. The Morgan fingerprint density at radius 2 is 1.67 bits per heavy atom. The summed E-state index contributed by atoms with van der Waals surface area (Å²) in [4.78, 5) is 23.3. The Balaban J connectivity index is 3.02. The molecule has 1 aliphatic carbocycles. The second-order valence-electron chi connectivity index (χ2n) is 7.45. The van der Waals surface area contributed by atoms with E-state index in [2.05, 4.69) is 38.3 Å². The third-order valence-corrected chi connectivity index (χ3v) is 4.74. The molecule has 0 aromatic rings. The van der Waals surface area contributed by atoms with Gasteiger partial charge in [-0.05, 0) is 36.0 Å². The van der Waals surface area contributed by atoms with Crippen LogP contribution in [0.3, 0.4) is 0 Å². The molecule has 1 rings (SSSR count). The van der Waals surface area contributed by atoms with Crippen molar-refractivity contribution in [2.45, 2.75) is 59.4 Å². The molecule has 3 N–H and O–H groups in total. The van der Waals surface area contributed by atoms with Gasteiger partial charge < -0.3 is 15.7 Å². The minimum Gasteiger partial charge on any atom is -0.465 e. The van der Waals surface area contributed by atoms with Crippen molar-refractivity contribution >= 4 is 12.0 Å². The molecule has 0 heterocycles. The molecule has 0 spiro atoms. The largest absolute Gasteiger partial charge is 0.465 e. The molecule has 0 aromatic carbocycles. The van der Waals surface area contributed by atoms with E-state index in [0.29, 0.717) is 5.92 Å². The number of carbonyl (C=O) groups is 2. The van der Waals surface area contributed by atoms with Crippen LogP contribution >= 0.6 is 0 Å². The van der Waals surface area contributed by atoms with Crippen molar-refractivity contribution in [2.24, 2.45) is 23.2 Å². The van der Waals surface area contributed by atoms with Crippen LogP contribution in [0.15, 0.2) is 0 Å². The van der Waals surface area contributed by atoms with Gasteiger partial charge in [-0.15, -0.1) is 0 Å². The molecule has 122 valence electrons. The van der Waals surface area contributed by atoms with Gasteiger partial charge in [-0.25, -0.2) is 4.79 Å². The van der Waals surface area contributed by atoms with Crippen LogP contribution in [0.2, 0.25) is 0 Å². The molecule has 2 amide bonds. The maximum atomic E-state index is 12.2. The lowest BCUT2D eigenvalue weighted by molar-refractivity contribution is -0.126. The standard InChI is InChI=1S/C16H30N2O3/c1-10-6-8-11(9-7-10)12(16(2,3)4)13(14(19)17-5)18-15(20)21/h10-13,18H,6-9H2,1-5H3,(H,17,19)(H,20,21)/t10?,11?,12-,13?/m1/s1. The Labute approximate surface area is 127 Å². The van der Waals surface area contributed by atoms with E-state index in [1.54, 1.807) is 7.05 Å². The highest BCUT2D eigenvalue weighted by atomic mass is 16.4. The van der Waals surface area contributed by atoms with Crippen LogP contribution in [0.25, 0.3) is 0 Å². The smallest absolute Gasteiger partial charge is 0.405 e. The summed E-state index contributed by atoms with van der Waals surface area (Å²) in [7, 11) is 1.56. The Morgan fingerprint density at radius 1 is 1.14 bits per heavy atom. The molecule has 1 saturated carbocycles. The van der Waals surface area contributed by atoms with Gasteiger partial charge in [-0.3, -0.25) is 4.79 Å². The zero-order valence-corrected chi connectivity index (χ0v) is 13.9. The van der Waals surface area contributed by atoms with Crippen LogP contribution in [-0.4, -0.2) is 30.2 Å². The SMILES string of the molecule is CNC(=O)C(NC(=O)O)[C@@H](C1CCC(C)CC1)C(C)(C)C. The molecule has 1 unspecified atom stereocenters. The molecule has 0 aromatic heterocycles. The Kier molecular flexibility index (Phi) is 6.05. The first-order chi connectivity index (χ1) is 9.66. The maximum absolute atomic E-state index is 12.2. The van der Waals surface area contributed by atoms with Gasteiger partial charge in [0, 0.05) is 7.05 Å². The molecule has 0 aliphatic heterocycles. The normalized spacial score (nSPS) is 25.8. The van der Waals surface area contributed by atoms with Crippen LogP contribution in [-0.2, 0) is 4.79 Å². The van der Waals surface area contributed by atoms with E-state index in [4.69, 9.17) is 5.11 Å². The number of likely N-dealkylation sites (N-methyl/N-ethyl adjacent to an activating group) is 1. The highest BCUT2D eigenvalue weighted by Crippen LogP contribution is 2.43. The first kappa shape index (κ1) is 17.8. The van der Waals surface area contributed by atoms with E-state index in [1.807, 2.05) is 0 Å². The van der Waals surface area contributed by atoms with Crippen molar-refractivity contribution in [2.75, 3.05) is 7.05 Å². The van der Waals surface area contributed by atoms with E-state index in [-0.39, 0.29) is 17.2 Å². The van der Waals surface area contributed by atoms with Gasteiger partial charge in [-0.2, -0.15) is 0 Å². The van der Waals surface area contributed by atoms with Gasteiger partial charge in [0.2, 0.25) is 5.91 Å². The second kappa shape index (κ2) is 7.14. The number of rotatable bonds is 4. The van der Waals surface area contributed by atoms with Gasteiger partial charge in [-0.1, -0.05) is 40.5 Å². The number of carbonyl (C=O) groups excluding carboxylic acids is 1. The van der Waals surface area contributed by atoms with E-state index in [0.717, 1.165) is 31.6 Å². The zero-order valence-electron chi connectivity index (χ0n) is 13.9. The minimum absolute atomic E-state index is 0.000972. The molecule has 5 nitrogen and oxygen atoms in total. The van der Waals surface area contributed by atoms with E-state index in [9.17, 15) is 9.59 Å². The van der Waals surface area contributed by atoms with Gasteiger partial charge in [0.25, 0.3) is 0 Å². The average molecular weight is 298 g/mol. The Hall–Kier alpha value is -1.26. The molecular formula is C16H30N2O3. The van der Waals surface area contributed by atoms with E-state index in [1.165, 1.54) is 0 Å². The molecule has 0 bridgehead atoms. The zero-order chi connectivity index (χ0) is 16.2. The fourth-order valence-electron chi connectivity index (χ4n) is 3.73. The number of amides is 2. The average Bonchev–Trinajstić information content (AvgIpc) is 2.37. The summed E-state index contributed by atoms with van der Waals surface area (Å²) in [6.45, 7) is 8.54. The second-order valence-corrected chi connectivity index (χ2v) is 7.45. The predicted octanol–water partition coefficient (Wildman–Crippen LogP) is 2.86. The van der Waals surface area contributed by atoms with Gasteiger partial charge in [0.05, 0.1) is 0 Å². The monoisotopic (exact) mass is 298 g/mol. The van der Waals surface area contributed by atoms with Gasteiger partial charge in [0.15, 0.2) is 0 Å². The first-order valence-electron chi connectivity index (χ1n) is 7.87. The van der Waals surface area contributed by atoms with Crippen molar-refractivity contribution in [3.63, 3.8) is 0 Å². The lowest BCUT2D eigenvalue weighted by Gasteiger charge is -2.43. The highest BCUT2D eigenvalue weighted by molar-refractivity contribution is 5.85. The van der Waals surface area contributed by atoms with Gasteiger partial charge >= 0.3 is 6.09 Å². The third kappa shape index (κ3) is 4.90. The Morgan fingerprint density at radius 3 is 2.05 bits per heavy atom. The number of hydrogen-bond donors (Lipinski definition) is 3. The number of hydrogen-bond acceptors (Lipinski definition) is 2. The van der Waals surface area contributed by atoms with Gasteiger partial charge in [0.1, 0.15) is 6.04 Å². The van der Waals surface area contributed by atoms with Crippen LogP contribution in [0.5, 0.6) is 0 Å². The molecular weight excluding hydrogens is 268 g/mol. The van der Waals surface area contributed by atoms with Crippen LogP contribution in [0, 0.1) is 23.2 Å².